The van der Waals surface area contributed by atoms with E-state index in [9.17, 15) is 4.79 Å². The fourth-order valence-electron chi connectivity index (χ4n) is 2.25. The van der Waals surface area contributed by atoms with E-state index >= 15 is 0 Å². The normalized spacial score (nSPS) is 12.5. The number of carbonyl (C=O) groups is 1. The van der Waals surface area contributed by atoms with Gasteiger partial charge in [0.05, 0.1) is 6.42 Å². The number of nitrogens with one attached hydrogen (secondary N) is 3. The summed E-state index contributed by atoms with van der Waals surface area (Å²) in [5.74, 6) is 0.707. The third-order valence-corrected chi connectivity index (χ3v) is 3.64. The lowest BCUT2D eigenvalue weighted by atomic mass is 10.1. The number of amides is 1. The van der Waals surface area contributed by atoms with Gasteiger partial charge in [-0.05, 0) is 42.0 Å². The first kappa shape index (κ1) is 13.7. The zero-order valence-electron chi connectivity index (χ0n) is 11.2. The lowest BCUT2D eigenvalue weighted by molar-refractivity contribution is -0.115. The summed E-state index contributed by atoms with van der Waals surface area (Å²) in [6, 6.07) is 13.6. The topological polar surface area (TPSA) is 53.2 Å². The van der Waals surface area contributed by atoms with E-state index in [1.807, 2.05) is 42.5 Å². The summed E-state index contributed by atoms with van der Waals surface area (Å²) in [5.41, 5.74) is 3.73. The minimum absolute atomic E-state index is 0.0354. The van der Waals surface area contributed by atoms with Gasteiger partial charge in [-0.1, -0.05) is 28.6 Å². The summed E-state index contributed by atoms with van der Waals surface area (Å²) in [6.45, 7) is 3.96. The molecule has 1 heterocycles. The number of halogens is 1. The highest BCUT2D eigenvalue weighted by Gasteiger charge is 2.17. The molecule has 21 heavy (non-hydrogen) atoms. The molecule has 106 valence electrons. The van der Waals surface area contributed by atoms with Crippen LogP contribution in [0.25, 0.3) is 0 Å². The molecular weight excluding hydrogens is 330 g/mol. The zero-order chi connectivity index (χ0) is 14.8. The second kappa shape index (κ2) is 5.61. The van der Waals surface area contributed by atoms with Crippen LogP contribution in [0.3, 0.4) is 0 Å². The number of hydrogen-bond donors (Lipinski definition) is 3. The Bertz CT molecular complexity index is 727. The maximum absolute atomic E-state index is 11.3. The molecule has 0 saturated carbocycles. The van der Waals surface area contributed by atoms with Gasteiger partial charge in [-0.15, -0.1) is 0 Å². The molecule has 1 aliphatic heterocycles. The SMILES string of the molecule is C=C(Nc1cccc(Br)c1)Nc1ccc2c(c1)CC(=O)N2. The Hall–Kier alpha value is -2.27. The molecule has 0 aliphatic carbocycles. The summed E-state index contributed by atoms with van der Waals surface area (Å²) in [5, 5.41) is 9.20. The van der Waals surface area contributed by atoms with E-state index in [0.717, 1.165) is 27.1 Å². The van der Waals surface area contributed by atoms with Gasteiger partial charge in [0.2, 0.25) is 5.91 Å². The van der Waals surface area contributed by atoms with Gasteiger partial charge in [-0.3, -0.25) is 4.79 Å². The summed E-state index contributed by atoms with van der Waals surface area (Å²) in [6.07, 6.45) is 0.427. The van der Waals surface area contributed by atoms with Gasteiger partial charge in [-0.25, -0.2) is 0 Å². The molecule has 0 unspecified atom stereocenters. The molecule has 3 N–H and O–H groups in total. The van der Waals surface area contributed by atoms with Crippen LogP contribution in [0.15, 0.2) is 59.3 Å². The summed E-state index contributed by atoms with van der Waals surface area (Å²) in [4.78, 5) is 11.3. The van der Waals surface area contributed by atoms with E-state index in [0.29, 0.717) is 12.2 Å². The van der Waals surface area contributed by atoms with Crippen LogP contribution in [0, 0.1) is 0 Å². The maximum Gasteiger partial charge on any atom is 0.228 e. The van der Waals surface area contributed by atoms with Gasteiger partial charge < -0.3 is 16.0 Å². The standard InChI is InChI=1S/C16H14BrN3O/c1-10(18-13-4-2-3-12(17)9-13)19-14-5-6-15-11(7-14)8-16(21)20-15/h2-7,9,18-19H,1,8H2,(H,20,21). The van der Waals surface area contributed by atoms with Crippen molar-refractivity contribution < 1.29 is 4.79 Å². The summed E-state index contributed by atoms with van der Waals surface area (Å²) >= 11 is 3.43. The fourth-order valence-corrected chi connectivity index (χ4v) is 2.65. The Morgan fingerprint density at radius 2 is 1.90 bits per heavy atom. The largest absolute Gasteiger partial charge is 0.342 e. The molecule has 0 aromatic heterocycles. The van der Waals surface area contributed by atoms with Crippen LogP contribution in [-0.2, 0) is 11.2 Å². The summed E-state index contributed by atoms with van der Waals surface area (Å²) < 4.78 is 1.00. The first-order valence-electron chi connectivity index (χ1n) is 6.51. The Morgan fingerprint density at radius 3 is 2.67 bits per heavy atom. The third-order valence-electron chi connectivity index (χ3n) is 3.15. The lowest BCUT2D eigenvalue weighted by Crippen LogP contribution is -2.08. The predicted molar refractivity (Wildman–Crippen MR) is 89.3 cm³/mol. The smallest absolute Gasteiger partial charge is 0.228 e. The molecule has 0 atom stereocenters. The quantitative estimate of drug-likeness (QED) is 0.788. The van der Waals surface area contributed by atoms with Crippen LogP contribution in [0.2, 0.25) is 0 Å². The molecule has 5 heteroatoms. The van der Waals surface area contributed by atoms with Crippen molar-refractivity contribution in [3.8, 4) is 0 Å². The Labute approximate surface area is 131 Å². The van der Waals surface area contributed by atoms with E-state index in [-0.39, 0.29) is 5.91 Å². The summed E-state index contributed by atoms with van der Waals surface area (Å²) in [7, 11) is 0. The number of anilines is 3. The Balaban J connectivity index is 1.68. The lowest BCUT2D eigenvalue weighted by Gasteiger charge is -2.13. The minimum Gasteiger partial charge on any atom is -0.342 e. The molecule has 2 aromatic carbocycles. The van der Waals surface area contributed by atoms with E-state index in [2.05, 4.69) is 38.5 Å². The van der Waals surface area contributed by atoms with Crippen LogP contribution in [0.4, 0.5) is 17.1 Å². The van der Waals surface area contributed by atoms with E-state index < -0.39 is 0 Å². The molecule has 4 nitrogen and oxygen atoms in total. The van der Waals surface area contributed by atoms with E-state index in [1.54, 1.807) is 0 Å². The van der Waals surface area contributed by atoms with Crippen molar-refractivity contribution in [3.63, 3.8) is 0 Å². The minimum atomic E-state index is 0.0354. The highest BCUT2D eigenvalue weighted by atomic mass is 79.9. The molecule has 2 aromatic rings. The van der Waals surface area contributed by atoms with Crippen LogP contribution in [0.5, 0.6) is 0 Å². The van der Waals surface area contributed by atoms with Crippen molar-refractivity contribution in [2.75, 3.05) is 16.0 Å². The predicted octanol–water partition coefficient (Wildman–Crippen LogP) is 3.94. The number of benzene rings is 2. The average molecular weight is 344 g/mol. The van der Waals surface area contributed by atoms with Crippen LogP contribution in [0.1, 0.15) is 5.56 Å². The van der Waals surface area contributed by atoms with Gasteiger partial charge >= 0.3 is 0 Å². The first-order valence-corrected chi connectivity index (χ1v) is 7.31. The van der Waals surface area contributed by atoms with Gasteiger partial charge in [0.1, 0.15) is 5.82 Å². The highest BCUT2D eigenvalue weighted by molar-refractivity contribution is 9.10. The molecule has 0 spiro atoms. The average Bonchev–Trinajstić information content (AvgIpc) is 2.78. The molecular formula is C16H14BrN3O. The molecule has 1 aliphatic rings. The third kappa shape index (κ3) is 3.25. The van der Waals surface area contributed by atoms with Gasteiger partial charge in [-0.2, -0.15) is 0 Å². The number of carbonyl (C=O) groups excluding carboxylic acids is 1. The van der Waals surface area contributed by atoms with Crippen molar-refractivity contribution in [1.82, 2.24) is 0 Å². The molecule has 0 radical (unpaired) electrons. The molecule has 0 fully saturated rings. The maximum atomic E-state index is 11.3. The van der Waals surface area contributed by atoms with Gasteiger partial charge in [0.15, 0.2) is 0 Å². The molecule has 3 rings (SSSR count). The Kier molecular flexibility index (Phi) is 3.66. The second-order valence-electron chi connectivity index (χ2n) is 4.84. The van der Waals surface area contributed by atoms with Crippen LogP contribution < -0.4 is 16.0 Å². The molecule has 0 bridgehead atoms. The fraction of sp³-hybridized carbons (Fsp3) is 0.0625. The van der Waals surface area contributed by atoms with Crippen LogP contribution >= 0.6 is 15.9 Å². The van der Waals surface area contributed by atoms with Crippen molar-refractivity contribution in [2.24, 2.45) is 0 Å². The van der Waals surface area contributed by atoms with Crippen molar-refractivity contribution >= 4 is 38.9 Å². The number of hydrogen-bond acceptors (Lipinski definition) is 3. The van der Waals surface area contributed by atoms with Crippen molar-refractivity contribution in [2.45, 2.75) is 6.42 Å². The molecule has 0 saturated heterocycles. The second-order valence-corrected chi connectivity index (χ2v) is 5.75. The molecule has 1 amide bonds. The zero-order valence-corrected chi connectivity index (χ0v) is 12.8. The van der Waals surface area contributed by atoms with Gasteiger partial charge in [0, 0.05) is 21.5 Å². The van der Waals surface area contributed by atoms with E-state index in [4.69, 9.17) is 0 Å². The van der Waals surface area contributed by atoms with E-state index in [1.165, 1.54) is 0 Å². The van der Waals surface area contributed by atoms with Crippen molar-refractivity contribution in [3.05, 3.63) is 64.9 Å². The first-order chi connectivity index (χ1) is 10.1. The van der Waals surface area contributed by atoms with Crippen LogP contribution in [-0.4, -0.2) is 5.91 Å². The highest BCUT2D eigenvalue weighted by Crippen LogP contribution is 2.26. The Morgan fingerprint density at radius 1 is 1.14 bits per heavy atom. The van der Waals surface area contributed by atoms with Gasteiger partial charge in [0.25, 0.3) is 0 Å². The number of fused-ring (bicyclic) bond motifs is 1. The monoisotopic (exact) mass is 343 g/mol. The number of rotatable bonds is 4. The van der Waals surface area contributed by atoms with Crippen molar-refractivity contribution in [1.29, 1.82) is 0 Å².